The van der Waals surface area contributed by atoms with Gasteiger partial charge in [0.2, 0.25) is 11.6 Å². The van der Waals surface area contributed by atoms with Crippen LogP contribution in [0.15, 0.2) is 92.8 Å². The van der Waals surface area contributed by atoms with Crippen LogP contribution in [-0.4, -0.2) is 63.2 Å². The van der Waals surface area contributed by atoms with Gasteiger partial charge in [-0.15, -0.1) is 0 Å². The Morgan fingerprint density at radius 1 is 0.596 bits per heavy atom. The van der Waals surface area contributed by atoms with Crippen LogP contribution in [0.3, 0.4) is 0 Å². The number of ketones is 2. The molecule has 16 nitrogen and oxygen atoms in total. The Morgan fingerprint density at radius 3 is 1.33 bits per heavy atom. The standard InChI is InChI=1S/C34H28N6O10S2/c1-49-27-13-17(3-9-25(27)37-39-31-29(51(43,44)45)15-19-11-21(35)5-7-23(19)33(31)41)18-4-10-26(28(14-18)50-2)38-40-32-30(52(46,47)48)16-20-12-22(36)6-8-24(20)34(32)42/h3-16,37-38H,35-36H2,1-2H3,(H,43,44,45)(H,46,47,48)/b39-31-,40-32+. The number of nitrogens with one attached hydrogen (secondary N) is 2. The number of rotatable bonds is 9. The molecule has 18 heteroatoms. The average molecular weight is 745 g/mol. The first-order valence-electron chi connectivity index (χ1n) is 14.9. The van der Waals surface area contributed by atoms with E-state index < -0.39 is 53.0 Å². The van der Waals surface area contributed by atoms with E-state index in [0.29, 0.717) is 22.5 Å². The van der Waals surface area contributed by atoms with Crippen molar-refractivity contribution in [2.45, 2.75) is 0 Å². The number of carbonyl (C=O) groups excluding carboxylic acids is 2. The van der Waals surface area contributed by atoms with Crippen LogP contribution in [0.2, 0.25) is 0 Å². The third-order valence-corrected chi connectivity index (χ3v) is 9.71. The van der Waals surface area contributed by atoms with Crippen molar-refractivity contribution in [2.24, 2.45) is 10.2 Å². The van der Waals surface area contributed by atoms with Gasteiger partial charge in [-0.25, -0.2) is 0 Å². The molecule has 0 spiro atoms. The second-order valence-corrected chi connectivity index (χ2v) is 14.1. The number of ether oxygens (including phenoxy) is 2. The molecule has 52 heavy (non-hydrogen) atoms. The molecular weight excluding hydrogens is 717 g/mol. The van der Waals surface area contributed by atoms with Gasteiger partial charge in [0.15, 0.2) is 11.4 Å². The maximum Gasteiger partial charge on any atom is 0.296 e. The number of hydrazone groups is 2. The predicted octanol–water partition coefficient (Wildman–Crippen LogP) is 4.32. The Morgan fingerprint density at radius 2 is 0.981 bits per heavy atom. The summed E-state index contributed by atoms with van der Waals surface area (Å²) in [6.07, 6.45) is 2.21. The number of nitrogen functional groups attached to an aromatic ring is 2. The van der Waals surface area contributed by atoms with Crippen LogP contribution in [0.1, 0.15) is 31.8 Å². The van der Waals surface area contributed by atoms with Gasteiger partial charge in [0.05, 0.1) is 25.6 Å². The summed E-state index contributed by atoms with van der Waals surface area (Å²) in [7, 11) is -6.95. The van der Waals surface area contributed by atoms with Crippen molar-refractivity contribution < 1.29 is 45.0 Å². The third kappa shape index (κ3) is 6.86. The Hall–Kier alpha value is -6.34. The van der Waals surface area contributed by atoms with Crippen LogP contribution in [0, 0.1) is 0 Å². The van der Waals surface area contributed by atoms with Crippen molar-refractivity contribution in [3.63, 3.8) is 0 Å². The van der Waals surface area contributed by atoms with Gasteiger partial charge in [-0.05, 0) is 95.1 Å². The molecule has 4 aromatic rings. The number of hydrogen-bond donors (Lipinski definition) is 6. The first-order chi connectivity index (χ1) is 24.6. The van der Waals surface area contributed by atoms with Gasteiger partial charge < -0.3 is 20.9 Å². The summed E-state index contributed by atoms with van der Waals surface area (Å²) in [4.78, 5) is 25.0. The number of nitrogens with zero attached hydrogens (tertiary/aromatic N) is 2. The third-order valence-electron chi connectivity index (χ3n) is 7.98. The molecule has 0 aromatic heterocycles. The summed E-state index contributed by atoms with van der Waals surface area (Å²) in [6.45, 7) is 0. The van der Waals surface area contributed by atoms with Gasteiger partial charge in [0, 0.05) is 22.5 Å². The van der Waals surface area contributed by atoms with Crippen molar-refractivity contribution >= 4 is 78.1 Å². The van der Waals surface area contributed by atoms with E-state index in [1.165, 1.54) is 50.6 Å². The van der Waals surface area contributed by atoms with Gasteiger partial charge in [-0.1, -0.05) is 12.1 Å². The molecule has 4 aromatic carbocycles. The highest BCUT2D eigenvalue weighted by atomic mass is 32.2. The molecule has 0 fully saturated rings. The molecule has 2 aliphatic carbocycles. The molecule has 266 valence electrons. The topological polar surface area (TPSA) is 262 Å². The lowest BCUT2D eigenvalue weighted by atomic mass is 9.94. The summed E-state index contributed by atoms with van der Waals surface area (Å²) < 4.78 is 79.5. The zero-order valence-electron chi connectivity index (χ0n) is 27.1. The molecule has 0 bridgehead atoms. The monoisotopic (exact) mass is 744 g/mol. The van der Waals surface area contributed by atoms with Gasteiger partial charge in [-0.3, -0.25) is 29.5 Å². The molecule has 0 radical (unpaired) electrons. The van der Waals surface area contributed by atoms with Crippen molar-refractivity contribution in [2.75, 3.05) is 36.5 Å². The number of fused-ring (bicyclic) bond motifs is 2. The fraction of sp³-hybridized carbons (Fsp3) is 0.0588. The fourth-order valence-corrected chi connectivity index (χ4v) is 6.79. The minimum Gasteiger partial charge on any atom is -0.494 e. The Labute approximate surface area is 296 Å². The van der Waals surface area contributed by atoms with Gasteiger partial charge >= 0.3 is 0 Å². The first-order valence-corrected chi connectivity index (χ1v) is 17.8. The second-order valence-electron chi connectivity index (χ2n) is 11.3. The fourth-order valence-electron chi connectivity index (χ4n) is 5.48. The lowest BCUT2D eigenvalue weighted by Gasteiger charge is -2.17. The van der Waals surface area contributed by atoms with Crippen molar-refractivity contribution in [1.82, 2.24) is 0 Å². The Balaban J connectivity index is 1.28. The molecule has 6 rings (SSSR count). The molecule has 0 atom stereocenters. The number of allylic oxidation sites excluding steroid dienone is 2. The highest BCUT2D eigenvalue weighted by Crippen LogP contribution is 2.36. The number of hydrogen-bond acceptors (Lipinski definition) is 14. The maximum absolute atomic E-state index is 13.2. The van der Waals surface area contributed by atoms with Crippen LogP contribution in [0.4, 0.5) is 22.7 Å². The average Bonchev–Trinajstić information content (AvgIpc) is 3.09. The molecule has 8 N–H and O–H groups in total. The number of anilines is 4. The largest absolute Gasteiger partial charge is 0.494 e. The lowest BCUT2D eigenvalue weighted by Crippen LogP contribution is -2.27. The summed E-state index contributed by atoms with van der Waals surface area (Å²) in [6, 6.07) is 18.3. The molecule has 0 aliphatic heterocycles. The molecular formula is C34H28N6O10S2. The highest BCUT2D eigenvalue weighted by molar-refractivity contribution is 7.91. The summed E-state index contributed by atoms with van der Waals surface area (Å²) in [5, 5.41) is 8.05. The van der Waals surface area contributed by atoms with Gasteiger partial charge in [0.1, 0.15) is 21.3 Å². The van der Waals surface area contributed by atoms with E-state index in [4.69, 9.17) is 20.9 Å². The SMILES string of the molecule is COc1cc(-c2ccc(N/N=C3\C(=O)c4ccc(N)cc4C=C3S(=O)(=O)O)c(OC)c2)ccc1N/N=C1/C(=O)c2ccc(N)cc2C=C1S(=O)(=O)O. The summed E-state index contributed by atoms with van der Waals surface area (Å²) >= 11 is 0. The van der Waals surface area contributed by atoms with Crippen molar-refractivity contribution in [3.05, 3.63) is 105 Å². The van der Waals surface area contributed by atoms with Gasteiger partial charge in [-0.2, -0.15) is 27.0 Å². The maximum atomic E-state index is 13.2. The molecule has 0 saturated heterocycles. The van der Waals surface area contributed by atoms with Crippen molar-refractivity contribution in [3.8, 4) is 22.6 Å². The van der Waals surface area contributed by atoms with E-state index in [2.05, 4.69) is 21.1 Å². The second kappa shape index (κ2) is 13.4. The van der Waals surface area contributed by atoms with E-state index in [-0.39, 0.29) is 45.1 Å². The number of benzene rings is 4. The van der Waals surface area contributed by atoms with E-state index in [1.807, 2.05) is 0 Å². The number of methoxy groups -OCH3 is 2. The quantitative estimate of drug-likeness (QED) is 0.0792. The van der Waals surface area contributed by atoms with E-state index in [9.17, 15) is 35.5 Å². The van der Waals surface area contributed by atoms with Crippen molar-refractivity contribution in [1.29, 1.82) is 0 Å². The Kier molecular flexibility index (Phi) is 9.15. The highest BCUT2D eigenvalue weighted by Gasteiger charge is 2.34. The summed E-state index contributed by atoms with van der Waals surface area (Å²) in [5.74, 6) is -1.03. The van der Waals surface area contributed by atoms with E-state index >= 15 is 0 Å². The minimum absolute atomic E-state index is 0.138. The number of Topliss-reactive ketones (excluding diaryl/α,β-unsaturated/α-hetero) is 2. The molecule has 0 unspecified atom stereocenters. The van der Waals surface area contributed by atoms with Crippen LogP contribution < -0.4 is 31.8 Å². The smallest absolute Gasteiger partial charge is 0.296 e. The summed E-state index contributed by atoms with van der Waals surface area (Å²) in [5.41, 5.74) is 18.7. The van der Waals surface area contributed by atoms with Gasteiger partial charge in [0.25, 0.3) is 20.2 Å². The van der Waals surface area contributed by atoms with Crippen LogP contribution in [0.25, 0.3) is 23.3 Å². The minimum atomic E-state index is -4.86. The molecule has 0 saturated carbocycles. The number of nitrogens with two attached hydrogens (primary N) is 2. The Bertz CT molecular complexity index is 2380. The predicted molar refractivity (Wildman–Crippen MR) is 197 cm³/mol. The van der Waals surface area contributed by atoms with E-state index in [0.717, 1.165) is 12.2 Å². The van der Waals surface area contributed by atoms with Crippen LogP contribution >= 0.6 is 0 Å². The lowest BCUT2D eigenvalue weighted by molar-refractivity contribution is 0.105. The van der Waals surface area contributed by atoms with Crippen LogP contribution in [0.5, 0.6) is 11.5 Å². The zero-order valence-corrected chi connectivity index (χ0v) is 28.7. The van der Waals surface area contributed by atoms with E-state index in [1.54, 1.807) is 36.4 Å². The molecule has 0 heterocycles. The zero-order chi connectivity index (χ0) is 37.5. The normalized spacial score (nSPS) is 15.8. The first kappa shape index (κ1) is 35.5. The molecule has 2 aliphatic rings. The number of carbonyl (C=O) groups is 2. The van der Waals surface area contributed by atoms with Crippen LogP contribution in [-0.2, 0) is 20.2 Å². The molecule has 0 amide bonds.